The summed E-state index contributed by atoms with van der Waals surface area (Å²) in [6.07, 6.45) is -1.02. The molecule has 0 aromatic rings. The van der Waals surface area contributed by atoms with Crippen molar-refractivity contribution in [3.05, 3.63) is 12.3 Å². The van der Waals surface area contributed by atoms with Crippen LogP contribution in [0.3, 0.4) is 0 Å². The van der Waals surface area contributed by atoms with Crippen molar-refractivity contribution in [2.45, 2.75) is 6.23 Å². The number of amides is 3. The lowest BCUT2D eigenvalue weighted by molar-refractivity contribution is -0.138. The number of nitrogens with two attached hydrogens (primary N) is 2. The molecular weight excluding hydrogens is 374 g/mol. The predicted octanol–water partition coefficient (Wildman–Crippen LogP) is -4.94. The third-order valence-electron chi connectivity index (χ3n) is 3.15. The van der Waals surface area contributed by atoms with Gasteiger partial charge in [-0.25, -0.2) is 0 Å². The minimum atomic E-state index is -1.03. The Morgan fingerprint density at radius 1 is 0.964 bits per heavy atom. The zero-order chi connectivity index (χ0) is 21.5. The van der Waals surface area contributed by atoms with Gasteiger partial charge in [0, 0.05) is 31.9 Å². The van der Waals surface area contributed by atoms with Crippen LogP contribution < -0.4 is 32.7 Å². The number of rotatable bonds is 15. The first kappa shape index (κ1) is 25.3. The minimum Gasteiger partial charge on any atom is -0.480 e. The number of hydrogen-bond donors (Lipinski definition) is 8. The van der Waals surface area contributed by atoms with Crippen molar-refractivity contribution in [1.82, 2.24) is 26.2 Å². The molecule has 0 saturated carbocycles. The highest BCUT2D eigenvalue weighted by atomic mass is 16.4. The summed E-state index contributed by atoms with van der Waals surface area (Å²) in [6.45, 7) is 2.91. The lowest BCUT2D eigenvalue weighted by Gasteiger charge is -2.20. The van der Waals surface area contributed by atoms with Gasteiger partial charge in [-0.3, -0.25) is 29.4 Å². The molecule has 1 atom stereocenters. The second-order valence-electron chi connectivity index (χ2n) is 5.80. The first-order chi connectivity index (χ1) is 13.1. The van der Waals surface area contributed by atoms with Crippen molar-refractivity contribution < 1.29 is 29.4 Å². The highest BCUT2D eigenvalue weighted by Gasteiger charge is 2.11. The number of carbonyl (C=O) groups is 4. The number of aliphatic carboxylic acids is 1. The third-order valence-corrected chi connectivity index (χ3v) is 3.15. The molecule has 0 aliphatic rings. The van der Waals surface area contributed by atoms with Gasteiger partial charge in [-0.15, -0.1) is 0 Å². The van der Waals surface area contributed by atoms with Crippen LogP contribution in [-0.4, -0.2) is 97.4 Å². The maximum atomic E-state index is 11.7. The molecule has 28 heavy (non-hydrogen) atoms. The largest absolute Gasteiger partial charge is 0.480 e. The number of nitrogens with one attached hydrogen (secondary N) is 4. The van der Waals surface area contributed by atoms with Crippen LogP contribution in [0, 0.1) is 0 Å². The fourth-order valence-electron chi connectivity index (χ4n) is 1.89. The van der Waals surface area contributed by atoms with Gasteiger partial charge in [0.25, 0.3) is 0 Å². The maximum Gasteiger partial charge on any atom is 0.317 e. The number of carboxylic acid groups (broad SMARTS) is 1. The molecule has 160 valence electrons. The van der Waals surface area contributed by atoms with Crippen molar-refractivity contribution in [2.75, 3.05) is 52.4 Å². The van der Waals surface area contributed by atoms with Crippen molar-refractivity contribution in [2.24, 2.45) is 11.5 Å². The molecule has 0 aliphatic carbocycles. The van der Waals surface area contributed by atoms with Crippen LogP contribution in [0.25, 0.3) is 0 Å². The molecule has 13 nitrogen and oxygen atoms in total. The van der Waals surface area contributed by atoms with Crippen molar-refractivity contribution in [3.63, 3.8) is 0 Å². The lowest BCUT2D eigenvalue weighted by atomic mass is 10.4. The topological polar surface area (TPSA) is 212 Å². The third kappa shape index (κ3) is 14.4. The molecule has 0 fully saturated rings. The summed E-state index contributed by atoms with van der Waals surface area (Å²) in [5.41, 5.74) is 10.9. The van der Waals surface area contributed by atoms with E-state index in [4.69, 9.17) is 21.7 Å². The zero-order valence-corrected chi connectivity index (χ0v) is 15.6. The number of nitrogens with zero attached hydrogens (tertiary/aromatic N) is 1. The van der Waals surface area contributed by atoms with Gasteiger partial charge in [-0.05, 0) is 0 Å². The Labute approximate surface area is 162 Å². The summed E-state index contributed by atoms with van der Waals surface area (Å²) in [6, 6.07) is 0. The summed E-state index contributed by atoms with van der Waals surface area (Å²) < 4.78 is 0. The van der Waals surface area contributed by atoms with Crippen LogP contribution >= 0.6 is 0 Å². The van der Waals surface area contributed by atoms with Crippen LogP contribution in [0.1, 0.15) is 0 Å². The Morgan fingerprint density at radius 2 is 1.50 bits per heavy atom. The van der Waals surface area contributed by atoms with Gasteiger partial charge in [0.15, 0.2) is 0 Å². The maximum absolute atomic E-state index is 11.7. The molecule has 10 N–H and O–H groups in total. The Balaban J connectivity index is 3.97. The number of carbonyl (C=O) groups excluding carboxylic acids is 3. The number of carboxylic acids is 1. The standard InChI is InChI=1S/C15H29N7O6/c1-10(17)8-22(9-15(27)28)3-2-18-12(24)5-20-14(26)7-21-13(25)6-19-11(23)4-16/h11,19,23H,1-9,16-17H2,(H,18,24)(H,20,26)(H,21,25)(H,27,28). The molecule has 0 radical (unpaired) electrons. The molecule has 0 aliphatic heterocycles. The summed E-state index contributed by atoms with van der Waals surface area (Å²) >= 11 is 0. The van der Waals surface area contributed by atoms with E-state index < -0.39 is 29.9 Å². The van der Waals surface area contributed by atoms with Crippen LogP contribution in [0.2, 0.25) is 0 Å². The molecule has 13 heteroatoms. The molecular formula is C15H29N7O6. The van der Waals surface area contributed by atoms with Crippen molar-refractivity contribution in [3.8, 4) is 0 Å². The van der Waals surface area contributed by atoms with E-state index in [0.717, 1.165) is 0 Å². The van der Waals surface area contributed by atoms with Gasteiger partial charge in [-0.2, -0.15) is 0 Å². The normalized spacial score (nSPS) is 11.5. The lowest BCUT2D eigenvalue weighted by Crippen LogP contribution is -2.46. The predicted molar refractivity (Wildman–Crippen MR) is 99.5 cm³/mol. The van der Waals surface area contributed by atoms with E-state index in [9.17, 15) is 19.2 Å². The summed E-state index contributed by atoms with van der Waals surface area (Å²) in [7, 11) is 0. The molecule has 3 amide bonds. The van der Waals surface area contributed by atoms with Crippen molar-refractivity contribution >= 4 is 23.7 Å². The Morgan fingerprint density at radius 3 is 2.00 bits per heavy atom. The van der Waals surface area contributed by atoms with Gasteiger partial charge in [0.1, 0.15) is 6.23 Å². The van der Waals surface area contributed by atoms with Gasteiger partial charge in [-0.1, -0.05) is 6.58 Å². The number of hydrogen-bond acceptors (Lipinski definition) is 9. The Hall–Kier alpha value is -2.74. The van der Waals surface area contributed by atoms with E-state index >= 15 is 0 Å². The second kappa shape index (κ2) is 14.3. The fraction of sp³-hybridized carbons (Fsp3) is 0.600. The molecule has 1 unspecified atom stereocenters. The first-order valence-electron chi connectivity index (χ1n) is 8.43. The Kier molecular flexibility index (Phi) is 12.9. The van der Waals surface area contributed by atoms with E-state index in [1.807, 2.05) is 0 Å². The highest BCUT2D eigenvalue weighted by molar-refractivity contribution is 5.88. The Bertz CT molecular complexity index is 541. The number of aliphatic hydroxyl groups excluding tert-OH is 1. The van der Waals surface area contributed by atoms with Gasteiger partial charge in [0.2, 0.25) is 17.7 Å². The van der Waals surface area contributed by atoms with E-state index in [0.29, 0.717) is 5.70 Å². The van der Waals surface area contributed by atoms with E-state index in [1.54, 1.807) is 0 Å². The summed E-state index contributed by atoms with van der Waals surface area (Å²) in [5.74, 6) is -2.61. The van der Waals surface area contributed by atoms with Crippen LogP contribution in [-0.2, 0) is 19.2 Å². The summed E-state index contributed by atoms with van der Waals surface area (Å²) in [4.78, 5) is 46.9. The van der Waals surface area contributed by atoms with Gasteiger partial charge in [0.05, 0.1) is 26.2 Å². The molecule has 0 saturated heterocycles. The highest BCUT2D eigenvalue weighted by Crippen LogP contribution is 1.91. The van der Waals surface area contributed by atoms with Gasteiger partial charge >= 0.3 is 5.97 Å². The molecule has 0 aromatic heterocycles. The monoisotopic (exact) mass is 403 g/mol. The summed E-state index contributed by atoms with van der Waals surface area (Å²) in [5, 5.41) is 27.5. The van der Waals surface area contributed by atoms with E-state index in [2.05, 4.69) is 27.8 Å². The van der Waals surface area contributed by atoms with Crippen molar-refractivity contribution in [1.29, 1.82) is 0 Å². The first-order valence-corrected chi connectivity index (χ1v) is 8.43. The molecule has 0 rings (SSSR count). The average molecular weight is 403 g/mol. The van der Waals surface area contributed by atoms with Crippen LogP contribution in [0.4, 0.5) is 0 Å². The molecule has 0 aromatic carbocycles. The smallest absolute Gasteiger partial charge is 0.317 e. The van der Waals surface area contributed by atoms with Gasteiger partial charge < -0.3 is 37.6 Å². The number of aliphatic hydroxyl groups is 1. The fourth-order valence-corrected chi connectivity index (χ4v) is 1.89. The quantitative estimate of drug-likeness (QED) is 0.122. The van der Waals surface area contributed by atoms with E-state index in [-0.39, 0.29) is 52.4 Å². The minimum absolute atomic E-state index is 0.0576. The SMILES string of the molecule is C=C(N)CN(CCNC(=O)CNC(=O)CNC(=O)CNC(O)CN)CC(=O)O. The van der Waals surface area contributed by atoms with Crippen LogP contribution in [0.15, 0.2) is 12.3 Å². The molecule has 0 heterocycles. The van der Waals surface area contributed by atoms with Crippen LogP contribution in [0.5, 0.6) is 0 Å². The average Bonchev–Trinajstić information content (AvgIpc) is 2.61. The second-order valence-corrected chi connectivity index (χ2v) is 5.80. The molecule has 0 bridgehead atoms. The zero-order valence-electron chi connectivity index (χ0n) is 15.6. The van der Waals surface area contributed by atoms with E-state index in [1.165, 1.54) is 4.90 Å². The molecule has 0 spiro atoms.